The average molecular weight is 272 g/mol. The molecule has 2 aliphatic rings. The van der Waals surface area contributed by atoms with Crippen LogP contribution in [-0.2, 0) is 14.3 Å². The summed E-state index contributed by atoms with van der Waals surface area (Å²) in [4.78, 5) is 29.2. The number of benzene rings is 1. The first kappa shape index (κ1) is 12.3. The van der Waals surface area contributed by atoms with Gasteiger partial charge in [-0.3, -0.25) is 9.59 Å². The average Bonchev–Trinajstić information content (AvgIpc) is 2.49. The molecule has 0 radical (unpaired) electrons. The van der Waals surface area contributed by atoms with Crippen LogP contribution in [0.25, 0.3) is 0 Å². The number of amidine groups is 1. The van der Waals surface area contributed by atoms with Crippen LogP contribution in [-0.4, -0.2) is 42.1 Å². The fourth-order valence-corrected chi connectivity index (χ4v) is 2.18. The van der Waals surface area contributed by atoms with Crippen molar-refractivity contribution in [2.75, 3.05) is 7.11 Å². The van der Waals surface area contributed by atoms with Crippen molar-refractivity contribution in [3.05, 3.63) is 29.8 Å². The van der Waals surface area contributed by atoms with Crippen molar-refractivity contribution in [3.8, 4) is 0 Å². The van der Waals surface area contributed by atoms with E-state index >= 15 is 0 Å². The van der Waals surface area contributed by atoms with Crippen molar-refractivity contribution in [1.82, 2.24) is 10.3 Å². The van der Waals surface area contributed by atoms with Crippen LogP contribution in [0.3, 0.4) is 0 Å². The highest BCUT2D eigenvalue weighted by molar-refractivity contribution is 6.14. The van der Waals surface area contributed by atoms with Crippen molar-refractivity contribution in [2.45, 2.75) is 12.5 Å². The lowest BCUT2D eigenvalue weighted by atomic mass is 10.1. The van der Waals surface area contributed by atoms with Crippen LogP contribution in [0, 0.1) is 0 Å². The van der Waals surface area contributed by atoms with Crippen LogP contribution in [0.1, 0.15) is 12.0 Å². The second-order valence-corrected chi connectivity index (χ2v) is 4.38. The van der Waals surface area contributed by atoms with Crippen molar-refractivity contribution < 1.29 is 14.3 Å². The lowest BCUT2D eigenvalue weighted by molar-refractivity contribution is -0.143. The van der Waals surface area contributed by atoms with Gasteiger partial charge in [-0.15, -0.1) is 0 Å². The minimum atomic E-state index is -0.702. The number of amides is 1. The van der Waals surface area contributed by atoms with E-state index in [0.717, 1.165) is 11.3 Å². The first-order valence-corrected chi connectivity index (χ1v) is 6.07. The number of esters is 1. The third-order valence-electron chi connectivity index (χ3n) is 3.21. The first-order valence-electron chi connectivity index (χ1n) is 6.07. The van der Waals surface area contributed by atoms with E-state index in [9.17, 15) is 9.59 Å². The molecule has 3 rings (SSSR count). The lowest BCUT2D eigenvalue weighted by Crippen LogP contribution is -2.54. The van der Waals surface area contributed by atoms with Crippen LogP contribution in [0.15, 0.2) is 34.4 Å². The normalized spacial score (nSPS) is 19.6. The number of methoxy groups -OCH3 is 1. The Morgan fingerprint density at radius 3 is 3.05 bits per heavy atom. The number of nitrogens with one attached hydrogen (secondary N) is 1. The van der Waals surface area contributed by atoms with Crippen molar-refractivity contribution >= 4 is 29.7 Å². The summed E-state index contributed by atoms with van der Waals surface area (Å²) in [7, 11) is 1.29. The SMILES string of the molecule is COC(=O)C[C@@H]1C(=O)NN=C2c3ccccc3N=CN21. The van der Waals surface area contributed by atoms with E-state index < -0.39 is 12.0 Å². The number of ether oxygens (including phenoxy) is 1. The highest BCUT2D eigenvalue weighted by atomic mass is 16.5. The molecule has 1 aromatic rings. The fourth-order valence-electron chi connectivity index (χ4n) is 2.18. The molecule has 1 aromatic carbocycles. The number of para-hydroxylation sites is 1. The molecule has 0 aromatic heterocycles. The Hall–Kier alpha value is -2.70. The first-order chi connectivity index (χ1) is 9.70. The maximum Gasteiger partial charge on any atom is 0.308 e. The summed E-state index contributed by atoms with van der Waals surface area (Å²) in [5, 5.41) is 4.06. The van der Waals surface area contributed by atoms with E-state index in [4.69, 9.17) is 0 Å². The summed E-state index contributed by atoms with van der Waals surface area (Å²) in [6.07, 6.45) is 1.46. The van der Waals surface area contributed by atoms with E-state index in [1.807, 2.05) is 24.3 Å². The Kier molecular flexibility index (Phi) is 2.94. The maximum absolute atomic E-state index is 11.9. The van der Waals surface area contributed by atoms with Gasteiger partial charge in [0.1, 0.15) is 6.04 Å². The Bertz CT molecular complexity index is 638. The minimum absolute atomic E-state index is 0.0600. The number of nitrogens with zero attached hydrogens (tertiary/aromatic N) is 3. The van der Waals surface area contributed by atoms with Crippen molar-refractivity contribution in [2.24, 2.45) is 10.1 Å². The van der Waals surface area contributed by atoms with Gasteiger partial charge >= 0.3 is 5.97 Å². The number of hydrazone groups is 1. The van der Waals surface area contributed by atoms with Crippen LogP contribution < -0.4 is 5.43 Å². The Labute approximate surface area is 114 Å². The highest BCUT2D eigenvalue weighted by Crippen LogP contribution is 2.27. The van der Waals surface area contributed by atoms with E-state index in [0.29, 0.717) is 5.84 Å². The number of fused-ring (bicyclic) bond motifs is 3. The largest absolute Gasteiger partial charge is 0.469 e. The number of aliphatic imine (C=N–C) groups is 1. The smallest absolute Gasteiger partial charge is 0.308 e. The molecule has 1 N–H and O–H groups in total. The molecule has 0 spiro atoms. The summed E-state index contributed by atoms with van der Waals surface area (Å²) in [6.45, 7) is 0. The topological polar surface area (TPSA) is 83.4 Å². The Morgan fingerprint density at radius 1 is 1.45 bits per heavy atom. The van der Waals surface area contributed by atoms with Gasteiger partial charge in [0.05, 0.1) is 25.6 Å². The zero-order chi connectivity index (χ0) is 14.1. The molecule has 0 saturated carbocycles. The molecular formula is C13H12N4O3. The van der Waals surface area contributed by atoms with Gasteiger partial charge in [-0.2, -0.15) is 5.10 Å². The summed E-state index contributed by atoms with van der Waals surface area (Å²) in [5.74, 6) is -0.243. The quantitative estimate of drug-likeness (QED) is 0.789. The molecular weight excluding hydrogens is 260 g/mol. The zero-order valence-electron chi connectivity index (χ0n) is 10.7. The number of hydrogen-bond donors (Lipinski definition) is 1. The monoisotopic (exact) mass is 272 g/mol. The van der Waals surface area contributed by atoms with Crippen LogP contribution in [0.2, 0.25) is 0 Å². The second-order valence-electron chi connectivity index (χ2n) is 4.38. The molecule has 0 bridgehead atoms. The highest BCUT2D eigenvalue weighted by Gasteiger charge is 2.36. The van der Waals surface area contributed by atoms with E-state index in [1.165, 1.54) is 13.4 Å². The molecule has 7 nitrogen and oxygen atoms in total. The molecule has 102 valence electrons. The molecule has 1 atom stereocenters. The molecule has 2 heterocycles. The van der Waals surface area contributed by atoms with Crippen LogP contribution in [0.4, 0.5) is 5.69 Å². The molecule has 1 amide bonds. The molecule has 0 aliphatic carbocycles. The Morgan fingerprint density at radius 2 is 2.25 bits per heavy atom. The predicted molar refractivity (Wildman–Crippen MR) is 71.5 cm³/mol. The van der Waals surface area contributed by atoms with Crippen LogP contribution >= 0.6 is 0 Å². The lowest BCUT2D eigenvalue weighted by Gasteiger charge is -2.34. The van der Waals surface area contributed by atoms with Gasteiger partial charge in [0.15, 0.2) is 5.84 Å². The van der Waals surface area contributed by atoms with Gasteiger partial charge in [0.25, 0.3) is 5.91 Å². The van der Waals surface area contributed by atoms with Gasteiger partial charge in [-0.05, 0) is 12.1 Å². The summed E-state index contributed by atoms with van der Waals surface area (Å²) >= 11 is 0. The van der Waals surface area contributed by atoms with Gasteiger partial charge in [-0.25, -0.2) is 10.4 Å². The maximum atomic E-state index is 11.9. The van der Waals surface area contributed by atoms with Crippen molar-refractivity contribution in [1.29, 1.82) is 0 Å². The van der Waals surface area contributed by atoms with Gasteiger partial charge in [0.2, 0.25) is 0 Å². The minimum Gasteiger partial charge on any atom is -0.469 e. The zero-order valence-corrected chi connectivity index (χ0v) is 10.7. The molecule has 2 aliphatic heterocycles. The third kappa shape index (κ3) is 1.93. The molecule has 20 heavy (non-hydrogen) atoms. The van der Waals surface area contributed by atoms with E-state index in [1.54, 1.807) is 4.90 Å². The third-order valence-corrected chi connectivity index (χ3v) is 3.21. The molecule has 0 fully saturated rings. The number of carbonyl (C=O) groups excluding carboxylic acids is 2. The predicted octanol–water partition coefficient (Wildman–Crippen LogP) is 0.385. The summed E-state index contributed by atoms with van der Waals surface area (Å²) < 4.78 is 4.62. The van der Waals surface area contributed by atoms with Gasteiger partial charge < -0.3 is 9.64 Å². The summed E-state index contributed by atoms with van der Waals surface area (Å²) in [5.41, 5.74) is 4.02. The Balaban J connectivity index is 1.98. The summed E-state index contributed by atoms with van der Waals surface area (Å²) in [6, 6.07) is 6.76. The van der Waals surface area contributed by atoms with Gasteiger partial charge in [0, 0.05) is 5.56 Å². The molecule has 0 saturated heterocycles. The van der Waals surface area contributed by atoms with Crippen molar-refractivity contribution in [3.63, 3.8) is 0 Å². The van der Waals surface area contributed by atoms with Gasteiger partial charge in [-0.1, -0.05) is 12.1 Å². The fraction of sp³-hybridized carbons (Fsp3) is 0.231. The number of hydrogen-bond acceptors (Lipinski definition) is 6. The standard InChI is InChI=1S/C13H12N4O3/c1-20-11(18)6-10-13(19)16-15-12-8-4-2-3-5-9(8)14-7-17(10)12/h2-5,7,10H,6H2,1H3,(H,16,19)/t10-/m1/s1. The molecule has 7 heteroatoms. The number of carbonyl (C=O) groups is 2. The van der Waals surface area contributed by atoms with E-state index in [-0.39, 0.29) is 12.3 Å². The van der Waals surface area contributed by atoms with E-state index in [2.05, 4.69) is 20.3 Å². The molecule has 0 unspecified atom stereocenters. The second kappa shape index (κ2) is 4.76. The van der Waals surface area contributed by atoms with Crippen LogP contribution in [0.5, 0.6) is 0 Å². The number of rotatable bonds is 2.